The molecular weight excluding hydrogens is 443 g/mol. The fourth-order valence-electron chi connectivity index (χ4n) is 5.85. The van der Waals surface area contributed by atoms with E-state index >= 15 is 0 Å². The van der Waals surface area contributed by atoms with Crippen molar-refractivity contribution in [1.29, 1.82) is 0 Å². The molecule has 2 atom stereocenters. The Morgan fingerprint density at radius 1 is 1.18 bits per heavy atom. The van der Waals surface area contributed by atoms with Crippen molar-refractivity contribution in [1.82, 2.24) is 14.9 Å². The van der Waals surface area contributed by atoms with Gasteiger partial charge in [0.25, 0.3) is 0 Å². The van der Waals surface area contributed by atoms with E-state index in [0.717, 1.165) is 53.6 Å². The zero-order valence-electron chi connectivity index (χ0n) is 18.3. The molecule has 0 bridgehead atoms. The van der Waals surface area contributed by atoms with E-state index in [-0.39, 0.29) is 17.4 Å². The Kier molecular flexibility index (Phi) is 5.07. The smallest absolute Gasteiger partial charge is 0.320 e. The summed E-state index contributed by atoms with van der Waals surface area (Å²) in [5.41, 5.74) is 2.28. The number of alkyl halides is 1. The quantitative estimate of drug-likeness (QED) is 0.608. The van der Waals surface area contributed by atoms with E-state index in [0.29, 0.717) is 37.6 Å². The second-order valence-corrected chi connectivity index (χ2v) is 9.81. The number of hydrogen-bond donors (Lipinski definition) is 1. The molecule has 6 nitrogen and oxygen atoms in total. The van der Waals surface area contributed by atoms with Gasteiger partial charge in [-0.1, -0.05) is 35.9 Å². The number of nitrogens with zero attached hydrogens (tertiary/aromatic N) is 4. The zero-order valence-corrected chi connectivity index (χ0v) is 19.1. The molecule has 6 rings (SSSR count). The van der Waals surface area contributed by atoms with Crippen molar-refractivity contribution in [3.05, 3.63) is 52.7 Å². The highest BCUT2D eigenvalue weighted by Gasteiger charge is 2.49. The maximum atomic E-state index is 14.1. The van der Waals surface area contributed by atoms with Gasteiger partial charge in [0.1, 0.15) is 12.8 Å². The van der Waals surface area contributed by atoms with Crippen molar-refractivity contribution in [2.24, 2.45) is 0 Å². The van der Waals surface area contributed by atoms with Crippen molar-refractivity contribution >= 4 is 28.1 Å². The maximum absolute atomic E-state index is 14.1. The fraction of sp³-hybridized carbons (Fsp3) is 0.440. The number of fused-ring (bicyclic) bond motifs is 3. The third kappa shape index (κ3) is 3.58. The summed E-state index contributed by atoms with van der Waals surface area (Å²) in [5, 5.41) is 13.4. The van der Waals surface area contributed by atoms with E-state index in [2.05, 4.69) is 38.0 Å². The van der Waals surface area contributed by atoms with Crippen LogP contribution >= 0.6 is 11.6 Å². The van der Waals surface area contributed by atoms with Gasteiger partial charge in [-0.2, -0.15) is 9.97 Å². The van der Waals surface area contributed by atoms with Gasteiger partial charge in [0, 0.05) is 36.1 Å². The number of aromatic nitrogens is 2. The summed E-state index contributed by atoms with van der Waals surface area (Å²) in [7, 11) is 0. The number of rotatable bonds is 4. The van der Waals surface area contributed by atoms with Crippen LogP contribution in [0.1, 0.15) is 30.5 Å². The number of aromatic hydroxyl groups is 1. The average Bonchev–Trinajstić information content (AvgIpc) is 3.33. The van der Waals surface area contributed by atoms with Crippen LogP contribution < -0.4 is 9.64 Å². The highest BCUT2D eigenvalue weighted by molar-refractivity contribution is 6.36. The van der Waals surface area contributed by atoms with Gasteiger partial charge in [0.2, 0.25) is 5.88 Å². The molecule has 2 aromatic carbocycles. The van der Waals surface area contributed by atoms with Gasteiger partial charge in [-0.25, -0.2) is 4.39 Å². The van der Waals surface area contributed by atoms with E-state index in [1.165, 1.54) is 0 Å². The maximum Gasteiger partial charge on any atom is 0.320 e. The molecule has 0 unspecified atom stereocenters. The van der Waals surface area contributed by atoms with Gasteiger partial charge in [0.05, 0.1) is 22.8 Å². The fourth-order valence-corrected chi connectivity index (χ4v) is 6.12. The molecule has 3 aliphatic heterocycles. The van der Waals surface area contributed by atoms with Gasteiger partial charge in [-0.3, -0.25) is 4.90 Å². The number of benzene rings is 2. The van der Waals surface area contributed by atoms with E-state index in [9.17, 15) is 9.50 Å². The standard InChI is InChI=1S/C25H26ClFN4O2/c26-19-6-1-4-16-5-2-7-21(22(16)19)30-11-8-18-20(14-30)28-24(29-23(18)32)33-15-25-9-3-10-31(25)13-17(27)12-25/h1-2,4-7,17H,3,8-15H2,(H,28,29,32)/t17-,25+/m1/s1. The summed E-state index contributed by atoms with van der Waals surface area (Å²) in [6, 6.07) is 12.2. The molecule has 8 heteroatoms. The Balaban J connectivity index is 1.27. The van der Waals surface area contributed by atoms with Crippen molar-refractivity contribution in [2.75, 3.05) is 31.1 Å². The summed E-state index contributed by atoms with van der Waals surface area (Å²) in [4.78, 5) is 13.3. The van der Waals surface area contributed by atoms with Crippen molar-refractivity contribution in [3.8, 4) is 11.9 Å². The molecule has 3 aromatic rings. The molecule has 172 valence electrons. The van der Waals surface area contributed by atoms with Crippen molar-refractivity contribution in [3.63, 3.8) is 0 Å². The van der Waals surface area contributed by atoms with Gasteiger partial charge >= 0.3 is 6.01 Å². The molecule has 1 aromatic heterocycles. The third-order valence-corrected chi connectivity index (χ3v) is 7.74. The second kappa shape index (κ2) is 7.99. The van der Waals surface area contributed by atoms with Crippen LogP contribution in [0.3, 0.4) is 0 Å². The molecule has 0 radical (unpaired) electrons. The number of ether oxygens (including phenoxy) is 1. The monoisotopic (exact) mass is 468 g/mol. The van der Waals surface area contributed by atoms with Gasteiger partial charge in [0.15, 0.2) is 0 Å². The zero-order chi connectivity index (χ0) is 22.6. The minimum absolute atomic E-state index is 0.0267. The van der Waals surface area contributed by atoms with Gasteiger partial charge in [-0.15, -0.1) is 0 Å². The van der Waals surface area contributed by atoms with Crippen LogP contribution in [0.25, 0.3) is 10.8 Å². The number of anilines is 1. The molecule has 0 aliphatic carbocycles. The van der Waals surface area contributed by atoms with Crippen LogP contribution in [0.15, 0.2) is 36.4 Å². The Morgan fingerprint density at radius 3 is 2.91 bits per heavy atom. The Labute approximate surface area is 197 Å². The molecule has 3 aliphatic rings. The van der Waals surface area contributed by atoms with E-state index < -0.39 is 6.17 Å². The molecule has 0 spiro atoms. The molecule has 0 amide bonds. The van der Waals surface area contributed by atoms with E-state index in [1.54, 1.807) is 0 Å². The van der Waals surface area contributed by atoms with E-state index in [1.807, 2.05) is 18.2 Å². The van der Waals surface area contributed by atoms with Crippen LogP contribution in [0.5, 0.6) is 11.9 Å². The first kappa shape index (κ1) is 20.9. The molecule has 0 saturated carbocycles. The van der Waals surface area contributed by atoms with Crippen molar-refractivity contribution in [2.45, 2.75) is 43.9 Å². The lowest BCUT2D eigenvalue weighted by Gasteiger charge is -2.32. The first-order chi connectivity index (χ1) is 16.0. The number of hydrogen-bond acceptors (Lipinski definition) is 6. The van der Waals surface area contributed by atoms with Crippen LogP contribution in [0.2, 0.25) is 5.02 Å². The van der Waals surface area contributed by atoms with Crippen LogP contribution in [0.4, 0.5) is 10.1 Å². The summed E-state index contributed by atoms with van der Waals surface area (Å²) < 4.78 is 20.1. The lowest BCUT2D eigenvalue weighted by atomic mass is 9.95. The minimum atomic E-state index is -0.812. The SMILES string of the molecule is Oc1nc(OC[C@@]23CCCN2C[C@H](F)C3)nc2c1CCN(c1cccc3cccc(Cl)c13)C2. The van der Waals surface area contributed by atoms with Gasteiger partial charge < -0.3 is 14.7 Å². The minimum Gasteiger partial charge on any atom is -0.493 e. The first-order valence-electron chi connectivity index (χ1n) is 11.6. The highest BCUT2D eigenvalue weighted by atomic mass is 35.5. The lowest BCUT2D eigenvalue weighted by molar-refractivity contribution is 0.106. The van der Waals surface area contributed by atoms with Crippen LogP contribution in [0, 0.1) is 0 Å². The lowest BCUT2D eigenvalue weighted by Crippen LogP contribution is -2.43. The van der Waals surface area contributed by atoms with Crippen molar-refractivity contribution < 1.29 is 14.2 Å². The summed E-state index contributed by atoms with van der Waals surface area (Å²) in [6.45, 7) is 2.97. The largest absolute Gasteiger partial charge is 0.493 e. The molecule has 33 heavy (non-hydrogen) atoms. The average molecular weight is 469 g/mol. The molecule has 2 fully saturated rings. The summed E-state index contributed by atoms with van der Waals surface area (Å²) >= 11 is 6.55. The summed E-state index contributed by atoms with van der Waals surface area (Å²) in [6.07, 6.45) is 2.27. The highest BCUT2D eigenvalue weighted by Crippen LogP contribution is 2.41. The van der Waals surface area contributed by atoms with Crippen LogP contribution in [-0.2, 0) is 13.0 Å². The van der Waals surface area contributed by atoms with Crippen LogP contribution in [-0.4, -0.2) is 57.9 Å². The molecule has 1 N–H and O–H groups in total. The Hall–Kier alpha value is -2.64. The molecular formula is C25H26ClFN4O2. The Bertz CT molecular complexity index is 1220. The third-order valence-electron chi connectivity index (χ3n) is 7.43. The predicted molar refractivity (Wildman–Crippen MR) is 126 cm³/mol. The predicted octanol–water partition coefficient (Wildman–Crippen LogP) is 4.51. The van der Waals surface area contributed by atoms with Gasteiger partial charge in [-0.05, 0) is 43.3 Å². The number of halogens is 2. The van der Waals surface area contributed by atoms with E-state index in [4.69, 9.17) is 16.3 Å². The normalized spacial score (nSPS) is 24.8. The summed E-state index contributed by atoms with van der Waals surface area (Å²) in [5.74, 6) is -0.0267. The molecule has 2 saturated heterocycles. The topological polar surface area (TPSA) is 61.7 Å². The second-order valence-electron chi connectivity index (χ2n) is 9.41. The first-order valence-corrected chi connectivity index (χ1v) is 11.9. The Morgan fingerprint density at radius 2 is 2.03 bits per heavy atom. The molecule has 4 heterocycles.